The average molecular weight is 601 g/mol. The second kappa shape index (κ2) is 10.0. The molecule has 5 heteroatoms. The summed E-state index contributed by atoms with van der Waals surface area (Å²) in [5.41, 5.74) is 11.7. The fourth-order valence-electron chi connectivity index (χ4n) is 7.05. The lowest BCUT2D eigenvalue weighted by Crippen LogP contribution is -2.00. The lowest BCUT2D eigenvalue weighted by Gasteiger charge is -2.11. The summed E-state index contributed by atoms with van der Waals surface area (Å²) in [6.45, 7) is 0. The Kier molecular flexibility index (Phi) is 5.51. The van der Waals surface area contributed by atoms with Crippen LogP contribution in [0.15, 0.2) is 150 Å². The molecule has 0 fully saturated rings. The SMILES string of the molecule is c1ccc(-c2nc(-c3ccc(-c4ccc5c6c(cccc46)-c4ccccc4-5)cc3)nc(-c3cncc4oc5ccccc5c34)n2)cc1. The van der Waals surface area contributed by atoms with Gasteiger partial charge in [-0.2, -0.15) is 0 Å². The van der Waals surface area contributed by atoms with Crippen molar-refractivity contribution in [1.82, 2.24) is 19.9 Å². The van der Waals surface area contributed by atoms with Crippen molar-refractivity contribution >= 4 is 32.7 Å². The maximum atomic E-state index is 6.13. The summed E-state index contributed by atoms with van der Waals surface area (Å²) in [6.07, 6.45) is 3.56. The lowest BCUT2D eigenvalue weighted by atomic mass is 9.94. The second-order valence-corrected chi connectivity index (χ2v) is 11.8. The molecule has 0 N–H and O–H groups in total. The Morgan fingerprint density at radius 3 is 1.74 bits per heavy atom. The van der Waals surface area contributed by atoms with Gasteiger partial charge >= 0.3 is 0 Å². The molecule has 0 unspecified atom stereocenters. The third kappa shape index (κ3) is 3.97. The number of rotatable bonds is 4. The summed E-state index contributed by atoms with van der Waals surface area (Å²) < 4.78 is 6.13. The fourth-order valence-corrected chi connectivity index (χ4v) is 7.05. The Morgan fingerprint density at radius 1 is 0.340 bits per heavy atom. The molecule has 0 atom stereocenters. The van der Waals surface area contributed by atoms with Gasteiger partial charge < -0.3 is 4.42 Å². The molecule has 0 saturated carbocycles. The number of para-hydroxylation sites is 1. The molecule has 0 bridgehead atoms. The van der Waals surface area contributed by atoms with E-state index in [2.05, 4.69) is 89.9 Å². The first kappa shape index (κ1) is 25.8. The predicted octanol–water partition coefficient (Wildman–Crippen LogP) is 10.6. The molecule has 6 aromatic carbocycles. The average Bonchev–Trinajstić information content (AvgIpc) is 3.69. The number of hydrogen-bond acceptors (Lipinski definition) is 5. The number of aromatic nitrogens is 4. The molecule has 3 heterocycles. The monoisotopic (exact) mass is 600 g/mol. The molecule has 10 rings (SSSR count). The van der Waals surface area contributed by atoms with Gasteiger partial charge in [-0.3, -0.25) is 4.98 Å². The zero-order valence-electron chi connectivity index (χ0n) is 25.1. The minimum Gasteiger partial charge on any atom is -0.454 e. The number of hydrogen-bond donors (Lipinski definition) is 0. The molecule has 0 radical (unpaired) electrons. The molecule has 218 valence electrons. The van der Waals surface area contributed by atoms with Crippen LogP contribution in [0.1, 0.15) is 0 Å². The number of nitrogens with zero attached hydrogens (tertiary/aromatic N) is 4. The van der Waals surface area contributed by atoms with E-state index in [-0.39, 0.29) is 0 Å². The van der Waals surface area contributed by atoms with Crippen molar-refractivity contribution in [2.45, 2.75) is 0 Å². The van der Waals surface area contributed by atoms with E-state index in [9.17, 15) is 0 Å². The minimum atomic E-state index is 0.551. The van der Waals surface area contributed by atoms with E-state index in [4.69, 9.17) is 19.4 Å². The van der Waals surface area contributed by atoms with E-state index in [0.717, 1.165) is 38.6 Å². The van der Waals surface area contributed by atoms with Crippen LogP contribution in [0.2, 0.25) is 0 Å². The number of fused-ring (bicyclic) bond motifs is 6. The molecule has 0 amide bonds. The van der Waals surface area contributed by atoms with Gasteiger partial charge in [-0.1, -0.05) is 127 Å². The van der Waals surface area contributed by atoms with Crippen LogP contribution in [0.3, 0.4) is 0 Å². The molecular weight excluding hydrogens is 576 g/mol. The summed E-state index contributed by atoms with van der Waals surface area (Å²) in [5.74, 6) is 1.75. The van der Waals surface area contributed by atoms with E-state index in [1.54, 1.807) is 6.20 Å². The van der Waals surface area contributed by atoms with Crippen LogP contribution in [-0.2, 0) is 0 Å². The Morgan fingerprint density at radius 2 is 0.936 bits per heavy atom. The molecular formula is C42H24N4O. The van der Waals surface area contributed by atoms with E-state index >= 15 is 0 Å². The molecule has 47 heavy (non-hydrogen) atoms. The first-order valence-corrected chi connectivity index (χ1v) is 15.6. The first-order valence-electron chi connectivity index (χ1n) is 15.6. The summed E-state index contributed by atoms with van der Waals surface area (Å²) in [4.78, 5) is 19.5. The third-order valence-electron chi connectivity index (χ3n) is 9.20. The van der Waals surface area contributed by atoms with Gasteiger partial charge in [0.25, 0.3) is 0 Å². The number of benzene rings is 6. The highest BCUT2D eigenvalue weighted by molar-refractivity contribution is 6.18. The predicted molar refractivity (Wildman–Crippen MR) is 189 cm³/mol. The number of furan rings is 1. The van der Waals surface area contributed by atoms with Gasteiger partial charge in [0, 0.05) is 33.7 Å². The van der Waals surface area contributed by atoms with Crippen molar-refractivity contribution in [2.75, 3.05) is 0 Å². The van der Waals surface area contributed by atoms with Crippen LogP contribution in [-0.4, -0.2) is 19.9 Å². The van der Waals surface area contributed by atoms with Gasteiger partial charge in [0.05, 0.1) is 6.20 Å². The largest absolute Gasteiger partial charge is 0.454 e. The van der Waals surface area contributed by atoms with E-state index < -0.39 is 0 Å². The van der Waals surface area contributed by atoms with Crippen molar-refractivity contribution in [1.29, 1.82) is 0 Å². The fraction of sp³-hybridized carbons (Fsp3) is 0. The molecule has 1 aliphatic carbocycles. The van der Waals surface area contributed by atoms with Gasteiger partial charge in [0.2, 0.25) is 0 Å². The Labute approximate surface area is 269 Å². The van der Waals surface area contributed by atoms with Gasteiger partial charge in [0.1, 0.15) is 5.58 Å². The van der Waals surface area contributed by atoms with Crippen molar-refractivity contribution in [3.05, 3.63) is 146 Å². The smallest absolute Gasteiger partial charge is 0.166 e. The summed E-state index contributed by atoms with van der Waals surface area (Å²) in [7, 11) is 0. The molecule has 5 nitrogen and oxygen atoms in total. The van der Waals surface area contributed by atoms with Crippen LogP contribution in [0.4, 0.5) is 0 Å². The first-order chi connectivity index (χ1) is 23.3. The molecule has 9 aromatic rings. The molecule has 0 aliphatic heterocycles. The summed E-state index contributed by atoms with van der Waals surface area (Å²) in [6, 6.07) is 46.4. The standard InChI is InChI=1S/C42H24N4O/c1-2-9-26(10-3-1)40-44-41(46-42(45-40)35-23-43-24-37-39(35)34-13-6-7-16-36(34)47-37)27-19-17-25(18-20-27)28-21-22-33-30-12-5-4-11-29(30)32-15-8-14-31(28)38(32)33/h1-24H. The van der Waals surface area contributed by atoms with Crippen molar-refractivity contribution in [3.8, 4) is 67.5 Å². The zero-order chi connectivity index (χ0) is 30.9. The van der Waals surface area contributed by atoms with Gasteiger partial charge in [-0.15, -0.1) is 0 Å². The summed E-state index contributed by atoms with van der Waals surface area (Å²) in [5, 5.41) is 4.52. The van der Waals surface area contributed by atoms with Crippen LogP contribution in [0.5, 0.6) is 0 Å². The molecule has 1 aliphatic rings. The maximum absolute atomic E-state index is 6.13. The van der Waals surface area contributed by atoms with E-state index in [0.29, 0.717) is 23.1 Å². The maximum Gasteiger partial charge on any atom is 0.166 e. The van der Waals surface area contributed by atoms with Crippen molar-refractivity contribution in [3.63, 3.8) is 0 Å². The highest BCUT2D eigenvalue weighted by Gasteiger charge is 2.22. The van der Waals surface area contributed by atoms with Gasteiger partial charge in [0.15, 0.2) is 23.1 Å². The normalized spacial score (nSPS) is 11.8. The van der Waals surface area contributed by atoms with E-state index in [1.807, 2.05) is 54.7 Å². The van der Waals surface area contributed by atoms with Crippen molar-refractivity contribution in [2.24, 2.45) is 0 Å². The van der Waals surface area contributed by atoms with Crippen LogP contribution in [0.25, 0.3) is 100 Å². The van der Waals surface area contributed by atoms with Crippen LogP contribution in [0, 0.1) is 0 Å². The highest BCUT2D eigenvalue weighted by atomic mass is 16.3. The zero-order valence-corrected chi connectivity index (χ0v) is 25.1. The lowest BCUT2D eigenvalue weighted by molar-refractivity contribution is 0.667. The van der Waals surface area contributed by atoms with E-state index in [1.165, 1.54) is 38.6 Å². The van der Waals surface area contributed by atoms with Gasteiger partial charge in [-0.25, -0.2) is 15.0 Å². The highest BCUT2D eigenvalue weighted by Crippen LogP contribution is 2.49. The third-order valence-corrected chi connectivity index (χ3v) is 9.20. The molecule has 0 spiro atoms. The molecule has 0 saturated heterocycles. The second-order valence-electron chi connectivity index (χ2n) is 11.8. The minimum absolute atomic E-state index is 0.551. The Balaban J connectivity index is 1.12. The Hall–Kier alpha value is -6.46. The topological polar surface area (TPSA) is 64.7 Å². The van der Waals surface area contributed by atoms with Crippen molar-refractivity contribution < 1.29 is 4.42 Å². The quantitative estimate of drug-likeness (QED) is 0.201. The van der Waals surface area contributed by atoms with Gasteiger partial charge in [-0.05, 0) is 50.2 Å². The molecule has 3 aromatic heterocycles. The number of pyridine rings is 1. The Bertz CT molecular complexity index is 2650. The van der Waals surface area contributed by atoms with Crippen LogP contribution >= 0.6 is 0 Å². The van der Waals surface area contributed by atoms with Crippen LogP contribution < -0.4 is 0 Å². The summed E-state index contributed by atoms with van der Waals surface area (Å²) >= 11 is 0.